The predicted molar refractivity (Wildman–Crippen MR) is 58.9 cm³/mol. The summed E-state index contributed by atoms with van der Waals surface area (Å²) in [5.74, 6) is -0.766. The number of ether oxygens (including phenoxy) is 1. The fraction of sp³-hybridized carbons (Fsp3) is 0.917. The van der Waals surface area contributed by atoms with E-state index in [2.05, 4.69) is 0 Å². The van der Waals surface area contributed by atoms with Crippen molar-refractivity contribution in [3.8, 4) is 0 Å². The monoisotopic (exact) mass is 214 g/mol. The molecule has 15 heavy (non-hydrogen) atoms. The molecule has 0 atom stereocenters. The van der Waals surface area contributed by atoms with Gasteiger partial charge in [0.1, 0.15) is 0 Å². The van der Waals surface area contributed by atoms with E-state index >= 15 is 0 Å². The van der Waals surface area contributed by atoms with E-state index in [-0.39, 0.29) is 0 Å². The summed E-state index contributed by atoms with van der Waals surface area (Å²) < 4.78 is 5.62. The highest BCUT2D eigenvalue weighted by atomic mass is 16.5. The number of rotatable bonds is 4. The molecule has 0 heterocycles. The lowest BCUT2D eigenvalue weighted by Gasteiger charge is -2.31. The molecule has 0 unspecified atom stereocenters. The quantitative estimate of drug-likeness (QED) is 0.782. The Balaban J connectivity index is 2.62. The minimum atomic E-state index is -0.879. The highest BCUT2D eigenvalue weighted by Crippen LogP contribution is 2.30. The van der Waals surface area contributed by atoms with Gasteiger partial charge in [-0.3, -0.25) is 0 Å². The van der Waals surface area contributed by atoms with Crippen LogP contribution in [0.3, 0.4) is 0 Å². The van der Waals surface area contributed by atoms with Gasteiger partial charge >= 0.3 is 5.97 Å². The molecule has 0 aliphatic heterocycles. The fourth-order valence-electron chi connectivity index (χ4n) is 2.19. The van der Waals surface area contributed by atoms with E-state index in [4.69, 9.17) is 4.74 Å². The summed E-state index contributed by atoms with van der Waals surface area (Å²) in [5, 5.41) is 9.31. The molecule has 1 aliphatic carbocycles. The second kappa shape index (κ2) is 6.11. The summed E-state index contributed by atoms with van der Waals surface area (Å²) in [7, 11) is 0. The first-order chi connectivity index (χ1) is 7.21. The third-order valence-electron chi connectivity index (χ3n) is 3.13. The van der Waals surface area contributed by atoms with E-state index in [1.807, 2.05) is 6.92 Å². The van der Waals surface area contributed by atoms with Crippen LogP contribution in [0.5, 0.6) is 0 Å². The van der Waals surface area contributed by atoms with Crippen LogP contribution in [0.15, 0.2) is 0 Å². The lowest BCUT2D eigenvalue weighted by Crippen LogP contribution is -2.42. The highest BCUT2D eigenvalue weighted by Gasteiger charge is 2.38. The highest BCUT2D eigenvalue weighted by molar-refractivity contribution is 5.77. The number of carbonyl (C=O) groups is 1. The average Bonchev–Trinajstić information content (AvgIpc) is 2.16. The molecule has 1 fully saturated rings. The number of carboxylic acid groups (broad SMARTS) is 1. The zero-order valence-corrected chi connectivity index (χ0v) is 9.63. The second-order valence-electron chi connectivity index (χ2n) is 4.42. The molecule has 0 saturated heterocycles. The minimum Gasteiger partial charge on any atom is -0.479 e. The van der Waals surface area contributed by atoms with Gasteiger partial charge in [0.15, 0.2) is 5.60 Å². The van der Waals surface area contributed by atoms with Gasteiger partial charge in [-0.1, -0.05) is 26.2 Å². The van der Waals surface area contributed by atoms with Crippen LogP contribution in [0.4, 0.5) is 0 Å². The lowest BCUT2D eigenvalue weighted by atomic mass is 9.87. The fourth-order valence-corrected chi connectivity index (χ4v) is 2.19. The molecule has 0 aromatic carbocycles. The average molecular weight is 214 g/mol. The molecular formula is C12H22O3. The van der Waals surface area contributed by atoms with Gasteiger partial charge in [0.2, 0.25) is 0 Å². The van der Waals surface area contributed by atoms with E-state index in [1.54, 1.807) is 0 Å². The van der Waals surface area contributed by atoms with Crippen molar-refractivity contribution in [3.63, 3.8) is 0 Å². The maximum atomic E-state index is 11.3. The summed E-state index contributed by atoms with van der Waals surface area (Å²) in [6, 6.07) is 0. The molecule has 0 radical (unpaired) electrons. The zero-order valence-electron chi connectivity index (χ0n) is 9.63. The van der Waals surface area contributed by atoms with Crippen LogP contribution in [0.2, 0.25) is 0 Å². The van der Waals surface area contributed by atoms with Crippen molar-refractivity contribution < 1.29 is 14.6 Å². The molecule has 88 valence electrons. The van der Waals surface area contributed by atoms with E-state index in [0.29, 0.717) is 19.4 Å². The maximum absolute atomic E-state index is 11.3. The Labute approximate surface area is 91.8 Å². The normalized spacial score (nSPS) is 21.7. The molecule has 1 saturated carbocycles. The maximum Gasteiger partial charge on any atom is 0.335 e. The Hall–Kier alpha value is -0.570. The summed E-state index contributed by atoms with van der Waals surface area (Å²) in [4.78, 5) is 11.3. The SMILES string of the molecule is CCCOC1(C(=O)O)CCCCCCC1. The summed E-state index contributed by atoms with van der Waals surface area (Å²) in [6.07, 6.45) is 7.74. The molecule has 3 heteroatoms. The van der Waals surface area contributed by atoms with Gasteiger partial charge in [-0.15, -0.1) is 0 Å². The van der Waals surface area contributed by atoms with Crippen LogP contribution >= 0.6 is 0 Å². The summed E-state index contributed by atoms with van der Waals surface area (Å²) in [5.41, 5.74) is -0.879. The Morgan fingerprint density at radius 2 is 1.73 bits per heavy atom. The minimum absolute atomic E-state index is 0.562. The molecule has 0 aromatic heterocycles. The topological polar surface area (TPSA) is 46.5 Å². The molecule has 0 spiro atoms. The number of hydrogen-bond acceptors (Lipinski definition) is 2. The zero-order chi connectivity index (χ0) is 11.1. The molecule has 1 rings (SSSR count). The predicted octanol–water partition coefficient (Wildman–Crippen LogP) is 2.98. The van der Waals surface area contributed by atoms with E-state index in [9.17, 15) is 9.90 Å². The molecule has 0 aromatic rings. The number of hydrogen-bond donors (Lipinski definition) is 1. The third-order valence-corrected chi connectivity index (χ3v) is 3.13. The van der Waals surface area contributed by atoms with Crippen molar-refractivity contribution in [2.45, 2.75) is 63.9 Å². The first kappa shape index (κ1) is 12.5. The van der Waals surface area contributed by atoms with E-state index < -0.39 is 11.6 Å². The van der Waals surface area contributed by atoms with Crippen LogP contribution in [0.25, 0.3) is 0 Å². The molecular weight excluding hydrogens is 192 g/mol. The second-order valence-corrected chi connectivity index (χ2v) is 4.42. The summed E-state index contributed by atoms with van der Waals surface area (Å²) in [6.45, 7) is 2.57. The van der Waals surface area contributed by atoms with Gasteiger partial charge in [0, 0.05) is 6.61 Å². The van der Waals surface area contributed by atoms with Gasteiger partial charge in [0.05, 0.1) is 0 Å². The molecule has 1 N–H and O–H groups in total. The van der Waals surface area contributed by atoms with Crippen LogP contribution in [-0.2, 0) is 9.53 Å². The van der Waals surface area contributed by atoms with Crippen LogP contribution in [0, 0.1) is 0 Å². The van der Waals surface area contributed by atoms with Crippen molar-refractivity contribution in [1.29, 1.82) is 0 Å². The third kappa shape index (κ3) is 3.49. The van der Waals surface area contributed by atoms with Crippen LogP contribution in [-0.4, -0.2) is 23.3 Å². The lowest BCUT2D eigenvalue weighted by molar-refractivity contribution is -0.169. The van der Waals surface area contributed by atoms with Crippen molar-refractivity contribution in [2.24, 2.45) is 0 Å². The van der Waals surface area contributed by atoms with Crippen LogP contribution in [0.1, 0.15) is 58.3 Å². The Morgan fingerprint density at radius 1 is 1.20 bits per heavy atom. The molecule has 0 amide bonds. The Kier molecular flexibility index (Phi) is 5.09. The van der Waals surface area contributed by atoms with Gasteiger partial charge in [0.25, 0.3) is 0 Å². The molecule has 3 nitrogen and oxygen atoms in total. The Bertz CT molecular complexity index is 188. The van der Waals surface area contributed by atoms with E-state index in [1.165, 1.54) is 6.42 Å². The first-order valence-corrected chi connectivity index (χ1v) is 6.08. The van der Waals surface area contributed by atoms with Gasteiger partial charge in [-0.05, 0) is 32.1 Å². The van der Waals surface area contributed by atoms with Crippen LogP contribution < -0.4 is 0 Å². The van der Waals surface area contributed by atoms with Gasteiger partial charge < -0.3 is 9.84 Å². The van der Waals surface area contributed by atoms with Crippen molar-refractivity contribution in [2.75, 3.05) is 6.61 Å². The van der Waals surface area contributed by atoms with E-state index in [0.717, 1.165) is 32.1 Å². The Morgan fingerprint density at radius 3 is 2.20 bits per heavy atom. The van der Waals surface area contributed by atoms with Gasteiger partial charge in [-0.25, -0.2) is 4.79 Å². The molecule has 0 bridgehead atoms. The summed E-state index contributed by atoms with van der Waals surface area (Å²) >= 11 is 0. The first-order valence-electron chi connectivity index (χ1n) is 6.08. The van der Waals surface area contributed by atoms with Crippen molar-refractivity contribution >= 4 is 5.97 Å². The number of carboxylic acids is 1. The van der Waals surface area contributed by atoms with Gasteiger partial charge in [-0.2, -0.15) is 0 Å². The largest absolute Gasteiger partial charge is 0.479 e. The van der Waals surface area contributed by atoms with Crippen molar-refractivity contribution in [1.82, 2.24) is 0 Å². The smallest absolute Gasteiger partial charge is 0.335 e. The standard InChI is InChI=1S/C12H22O3/c1-2-10-15-12(11(13)14)8-6-4-3-5-7-9-12/h2-10H2,1H3,(H,13,14). The molecule has 1 aliphatic rings. The van der Waals surface area contributed by atoms with Crippen molar-refractivity contribution in [3.05, 3.63) is 0 Å². The number of aliphatic carboxylic acids is 1.